The lowest BCUT2D eigenvalue weighted by atomic mass is 9.73. The summed E-state index contributed by atoms with van der Waals surface area (Å²) in [6.07, 6.45) is 0. The van der Waals surface area contributed by atoms with Gasteiger partial charge >= 0.3 is 0 Å². The SMILES string of the molecule is CC(C)(C)c1ccc(N2C(=O)c3cccc4c(-c5ccc(N6c7ccccc7C(C)(C)c7ccccc76)cc5)c5ccccc5c(c34)C2=O)cc1. The van der Waals surface area contributed by atoms with Crippen LogP contribution in [0, 0.1) is 0 Å². The Hall–Kier alpha value is -6.00. The van der Waals surface area contributed by atoms with Gasteiger partial charge in [0.05, 0.1) is 22.6 Å². The van der Waals surface area contributed by atoms with E-state index in [4.69, 9.17) is 0 Å². The number of anilines is 4. The second kappa shape index (κ2) is 11.0. The third-order valence-electron chi connectivity index (χ3n) is 10.9. The summed E-state index contributed by atoms with van der Waals surface area (Å²) in [6, 6.07) is 47.8. The fourth-order valence-corrected chi connectivity index (χ4v) is 8.33. The number of amides is 2. The van der Waals surface area contributed by atoms with Crippen molar-refractivity contribution in [3.8, 4) is 11.1 Å². The quantitative estimate of drug-likeness (QED) is 0.140. The number of hydrogen-bond acceptors (Lipinski definition) is 3. The van der Waals surface area contributed by atoms with Crippen LogP contribution in [-0.4, -0.2) is 11.8 Å². The summed E-state index contributed by atoms with van der Waals surface area (Å²) in [4.78, 5) is 32.5. The van der Waals surface area contributed by atoms with Gasteiger partial charge in [0.25, 0.3) is 11.8 Å². The molecule has 0 unspecified atom stereocenters. The Kier molecular flexibility index (Phi) is 6.69. The van der Waals surface area contributed by atoms with Crippen LogP contribution in [0.15, 0.2) is 140 Å². The van der Waals surface area contributed by atoms with E-state index in [1.165, 1.54) is 27.4 Å². The number of imide groups is 1. The molecule has 2 aliphatic rings. The standard InChI is InChI=1S/C47H38N2O2/c1-46(2,3)30-23-27-32(28-24-30)49-44(50)36-16-12-15-35-41(33-13-6-7-14-34(33)43(42(35)36)45(49)51)29-21-25-31(26-22-29)48-39-19-10-8-17-37(39)47(4,5)38-18-9-11-20-40(38)48/h6-28H,1-5H3. The second-order valence-electron chi connectivity index (χ2n) is 15.3. The molecule has 7 aromatic carbocycles. The van der Waals surface area contributed by atoms with E-state index in [-0.39, 0.29) is 22.6 Å². The van der Waals surface area contributed by atoms with Crippen LogP contribution in [-0.2, 0) is 10.8 Å². The Bertz CT molecular complexity index is 2520. The summed E-state index contributed by atoms with van der Waals surface area (Å²) in [6.45, 7) is 11.1. The summed E-state index contributed by atoms with van der Waals surface area (Å²) < 4.78 is 0. The molecule has 0 fully saturated rings. The van der Waals surface area contributed by atoms with Crippen molar-refractivity contribution in [3.05, 3.63) is 167 Å². The Labute approximate surface area is 298 Å². The van der Waals surface area contributed by atoms with Gasteiger partial charge in [0.15, 0.2) is 0 Å². The molecule has 0 saturated carbocycles. The predicted molar refractivity (Wildman–Crippen MR) is 210 cm³/mol. The number of para-hydroxylation sites is 2. The molecule has 2 heterocycles. The summed E-state index contributed by atoms with van der Waals surface area (Å²) >= 11 is 0. The molecule has 0 aliphatic carbocycles. The molecule has 4 nitrogen and oxygen atoms in total. The minimum atomic E-state index is -0.302. The van der Waals surface area contributed by atoms with Crippen molar-refractivity contribution in [2.24, 2.45) is 0 Å². The average Bonchev–Trinajstić information content (AvgIpc) is 3.13. The maximum absolute atomic E-state index is 14.5. The first-order valence-electron chi connectivity index (χ1n) is 17.6. The van der Waals surface area contributed by atoms with E-state index in [9.17, 15) is 9.59 Å². The zero-order chi connectivity index (χ0) is 35.2. The fourth-order valence-electron chi connectivity index (χ4n) is 8.33. The lowest BCUT2D eigenvalue weighted by Gasteiger charge is -2.42. The Morgan fingerprint density at radius 1 is 0.490 bits per heavy atom. The smallest absolute Gasteiger partial charge is 0.266 e. The van der Waals surface area contributed by atoms with Crippen LogP contribution < -0.4 is 9.80 Å². The highest BCUT2D eigenvalue weighted by atomic mass is 16.2. The van der Waals surface area contributed by atoms with Crippen molar-refractivity contribution in [2.45, 2.75) is 45.4 Å². The predicted octanol–water partition coefficient (Wildman–Crippen LogP) is 11.9. The maximum atomic E-state index is 14.5. The van der Waals surface area contributed by atoms with Crippen LogP contribution in [0.1, 0.15) is 72.0 Å². The molecule has 51 heavy (non-hydrogen) atoms. The number of nitrogens with zero attached hydrogens (tertiary/aromatic N) is 2. The first-order chi connectivity index (χ1) is 24.6. The van der Waals surface area contributed by atoms with Crippen LogP contribution in [0.25, 0.3) is 32.7 Å². The molecule has 2 aliphatic heterocycles. The normalized spacial score (nSPS) is 14.9. The van der Waals surface area contributed by atoms with Gasteiger partial charge in [-0.05, 0) is 91.9 Å². The van der Waals surface area contributed by atoms with Crippen molar-refractivity contribution in [1.29, 1.82) is 0 Å². The average molecular weight is 663 g/mol. The number of carbonyl (C=O) groups is 2. The molecule has 0 aromatic heterocycles. The molecule has 9 rings (SSSR count). The zero-order valence-electron chi connectivity index (χ0n) is 29.5. The number of carbonyl (C=O) groups excluding carboxylic acids is 2. The van der Waals surface area contributed by atoms with E-state index in [1.54, 1.807) is 0 Å². The molecule has 0 radical (unpaired) electrons. The van der Waals surface area contributed by atoms with Crippen LogP contribution in [0.5, 0.6) is 0 Å². The summed E-state index contributed by atoms with van der Waals surface area (Å²) in [5, 5.41) is 3.43. The van der Waals surface area contributed by atoms with Gasteiger partial charge in [0, 0.05) is 22.1 Å². The number of hydrogen-bond donors (Lipinski definition) is 0. The van der Waals surface area contributed by atoms with Crippen LogP contribution in [0.3, 0.4) is 0 Å². The minimum Gasteiger partial charge on any atom is -0.310 e. The van der Waals surface area contributed by atoms with Gasteiger partial charge in [-0.25, -0.2) is 4.90 Å². The molecular weight excluding hydrogens is 625 g/mol. The molecule has 2 amide bonds. The lowest BCUT2D eigenvalue weighted by Crippen LogP contribution is -2.40. The van der Waals surface area contributed by atoms with Crippen molar-refractivity contribution < 1.29 is 9.59 Å². The van der Waals surface area contributed by atoms with Gasteiger partial charge in [-0.3, -0.25) is 9.59 Å². The number of benzene rings is 7. The molecule has 0 atom stereocenters. The maximum Gasteiger partial charge on any atom is 0.266 e. The molecule has 0 spiro atoms. The van der Waals surface area contributed by atoms with E-state index in [0.29, 0.717) is 22.2 Å². The van der Waals surface area contributed by atoms with Crippen LogP contribution in [0.2, 0.25) is 0 Å². The lowest BCUT2D eigenvalue weighted by molar-refractivity contribution is 0.0894. The van der Waals surface area contributed by atoms with Gasteiger partial charge in [0.2, 0.25) is 0 Å². The summed E-state index contributed by atoms with van der Waals surface area (Å²) in [7, 11) is 0. The second-order valence-corrected chi connectivity index (χ2v) is 15.3. The van der Waals surface area contributed by atoms with E-state index in [2.05, 4.69) is 118 Å². The van der Waals surface area contributed by atoms with Crippen molar-refractivity contribution in [1.82, 2.24) is 0 Å². The summed E-state index contributed by atoms with van der Waals surface area (Å²) in [5.74, 6) is -0.598. The monoisotopic (exact) mass is 662 g/mol. The minimum absolute atomic E-state index is 0.0445. The van der Waals surface area contributed by atoms with E-state index >= 15 is 0 Å². The van der Waals surface area contributed by atoms with Crippen molar-refractivity contribution in [2.75, 3.05) is 9.80 Å². The van der Waals surface area contributed by atoms with Crippen molar-refractivity contribution >= 4 is 56.1 Å². The van der Waals surface area contributed by atoms with Crippen molar-refractivity contribution in [3.63, 3.8) is 0 Å². The molecule has 0 N–H and O–H groups in total. The largest absolute Gasteiger partial charge is 0.310 e. The number of rotatable bonds is 3. The zero-order valence-corrected chi connectivity index (χ0v) is 29.5. The Morgan fingerprint density at radius 3 is 1.61 bits per heavy atom. The third-order valence-corrected chi connectivity index (χ3v) is 10.9. The van der Waals surface area contributed by atoms with Crippen LogP contribution in [0.4, 0.5) is 22.7 Å². The highest BCUT2D eigenvalue weighted by Gasteiger charge is 2.38. The molecule has 7 aromatic rings. The summed E-state index contributed by atoms with van der Waals surface area (Å²) in [5.41, 5.74) is 10.7. The van der Waals surface area contributed by atoms with Crippen LogP contribution >= 0.6 is 0 Å². The molecule has 4 heteroatoms. The van der Waals surface area contributed by atoms with E-state index in [1.807, 2.05) is 60.7 Å². The molecule has 248 valence electrons. The Balaban J connectivity index is 1.20. The highest BCUT2D eigenvalue weighted by molar-refractivity contribution is 6.40. The van der Waals surface area contributed by atoms with Gasteiger partial charge < -0.3 is 4.90 Å². The molecular formula is C47H38N2O2. The topological polar surface area (TPSA) is 40.6 Å². The first kappa shape index (κ1) is 31.0. The third kappa shape index (κ3) is 4.52. The highest BCUT2D eigenvalue weighted by Crippen LogP contribution is 2.52. The fraction of sp³-hybridized carbons (Fsp3) is 0.149. The first-order valence-corrected chi connectivity index (χ1v) is 17.6. The van der Waals surface area contributed by atoms with E-state index in [0.717, 1.165) is 38.5 Å². The molecule has 0 bridgehead atoms. The van der Waals surface area contributed by atoms with Gasteiger partial charge in [-0.15, -0.1) is 0 Å². The number of fused-ring (bicyclic) bond motifs is 4. The van der Waals surface area contributed by atoms with Gasteiger partial charge in [-0.2, -0.15) is 0 Å². The Morgan fingerprint density at radius 2 is 1.00 bits per heavy atom. The molecule has 0 saturated heterocycles. The van der Waals surface area contributed by atoms with Gasteiger partial charge in [-0.1, -0.05) is 132 Å². The van der Waals surface area contributed by atoms with E-state index < -0.39 is 0 Å². The van der Waals surface area contributed by atoms with Gasteiger partial charge in [0.1, 0.15) is 0 Å².